The quantitative estimate of drug-likeness (QED) is 0.133. The zero-order valence-corrected chi connectivity index (χ0v) is 26.7. The summed E-state index contributed by atoms with van der Waals surface area (Å²) in [5.74, 6) is -2.03. The lowest BCUT2D eigenvalue weighted by molar-refractivity contribution is -0.140. The molecule has 3 amide bonds. The molecule has 0 aliphatic carbocycles. The van der Waals surface area contributed by atoms with Crippen molar-refractivity contribution in [1.29, 1.82) is 0 Å². The van der Waals surface area contributed by atoms with Gasteiger partial charge in [-0.05, 0) is 56.0 Å². The Labute approximate surface area is 270 Å². The van der Waals surface area contributed by atoms with Crippen LogP contribution < -0.4 is 15.5 Å². The summed E-state index contributed by atoms with van der Waals surface area (Å²) in [6.45, 7) is 3.86. The topological polar surface area (TPSA) is 149 Å². The molecule has 248 valence electrons. The molecule has 2 heterocycles. The zero-order chi connectivity index (χ0) is 33.1. The van der Waals surface area contributed by atoms with E-state index in [1.165, 1.54) is 12.0 Å². The monoisotopic (exact) mass is 634 g/mol. The number of benzene rings is 2. The first-order valence-corrected chi connectivity index (χ1v) is 16.1. The second-order valence-corrected chi connectivity index (χ2v) is 12.0. The third-order valence-corrected chi connectivity index (χ3v) is 8.76. The summed E-state index contributed by atoms with van der Waals surface area (Å²) < 4.78 is 4.72. The number of esters is 1. The molecule has 1 fully saturated rings. The number of ether oxygens (including phenoxy) is 1. The molecule has 4 rings (SSSR count). The van der Waals surface area contributed by atoms with Crippen LogP contribution in [0.25, 0.3) is 0 Å². The summed E-state index contributed by atoms with van der Waals surface area (Å²) >= 11 is 0. The van der Waals surface area contributed by atoms with E-state index in [2.05, 4.69) is 10.6 Å². The lowest BCUT2D eigenvalue weighted by Gasteiger charge is -2.28. The molecule has 0 radical (unpaired) electrons. The van der Waals surface area contributed by atoms with E-state index >= 15 is 0 Å². The Morgan fingerprint density at radius 1 is 1.20 bits per heavy atom. The van der Waals surface area contributed by atoms with Crippen LogP contribution in [0.5, 0.6) is 0 Å². The first-order chi connectivity index (χ1) is 22.2. The average Bonchev–Trinajstić information content (AvgIpc) is 3.29. The summed E-state index contributed by atoms with van der Waals surface area (Å²) in [4.78, 5) is 54.7. The number of hydrogen-bond acceptors (Lipinski definition) is 8. The van der Waals surface area contributed by atoms with Gasteiger partial charge in [-0.25, -0.2) is 0 Å². The molecule has 0 aromatic heterocycles. The van der Waals surface area contributed by atoms with E-state index in [9.17, 15) is 29.4 Å². The van der Waals surface area contributed by atoms with E-state index in [1.807, 2.05) is 30.3 Å². The summed E-state index contributed by atoms with van der Waals surface area (Å²) in [6, 6.07) is 14.6. The largest absolute Gasteiger partial charge is 0.469 e. The van der Waals surface area contributed by atoms with Gasteiger partial charge in [-0.2, -0.15) is 0 Å². The van der Waals surface area contributed by atoms with Crippen LogP contribution in [0.2, 0.25) is 0 Å². The number of unbranched alkanes of at least 4 members (excludes halogenated alkanes) is 1. The highest BCUT2D eigenvalue weighted by molar-refractivity contribution is 6.08. The van der Waals surface area contributed by atoms with E-state index < -0.39 is 17.4 Å². The van der Waals surface area contributed by atoms with Crippen LogP contribution in [0.3, 0.4) is 0 Å². The van der Waals surface area contributed by atoms with Crippen molar-refractivity contribution in [2.24, 2.45) is 11.8 Å². The van der Waals surface area contributed by atoms with E-state index in [0.717, 1.165) is 24.9 Å². The Bertz CT molecular complexity index is 1390. The van der Waals surface area contributed by atoms with Crippen LogP contribution in [-0.4, -0.2) is 78.7 Å². The minimum Gasteiger partial charge on any atom is -0.469 e. The highest BCUT2D eigenvalue weighted by Crippen LogP contribution is 2.46. The summed E-state index contributed by atoms with van der Waals surface area (Å²) in [7, 11) is 1.33. The van der Waals surface area contributed by atoms with Crippen molar-refractivity contribution >= 4 is 35.1 Å². The number of anilines is 2. The van der Waals surface area contributed by atoms with Crippen LogP contribution >= 0.6 is 0 Å². The molecule has 0 bridgehead atoms. The fraction of sp³-hybridized carbons (Fsp3) is 0.486. The molecule has 2 aliphatic heterocycles. The second-order valence-electron chi connectivity index (χ2n) is 12.0. The number of aliphatic hydroxyl groups is 2. The van der Waals surface area contributed by atoms with Gasteiger partial charge >= 0.3 is 5.97 Å². The number of amides is 3. The molecule has 3 atom stereocenters. The van der Waals surface area contributed by atoms with E-state index in [4.69, 9.17) is 4.74 Å². The molecule has 4 N–H and O–H groups in total. The summed E-state index contributed by atoms with van der Waals surface area (Å²) in [6.07, 6.45) is 6.29. The normalized spacial score (nSPS) is 20.0. The maximum Gasteiger partial charge on any atom is 0.305 e. The third-order valence-electron chi connectivity index (χ3n) is 8.76. The fourth-order valence-corrected chi connectivity index (χ4v) is 6.07. The molecule has 46 heavy (non-hydrogen) atoms. The summed E-state index contributed by atoms with van der Waals surface area (Å²) in [5.41, 5.74) is 0.397. The van der Waals surface area contributed by atoms with Gasteiger partial charge in [0, 0.05) is 56.2 Å². The van der Waals surface area contributed by atoms with Crippen molar-refractivity contribution in [2.45, 2.75) is 57.6 Å². The van der Waals surface area contributed by atoms with Gasteiger partial charge in [-0.3, -0.25) is 19.2 Å². The molecule has 0 spiro atoms. The number of rotatable bonds is 15. The molecule has 2 aliphatic rings. The number of fused-ring (bicyclic) bond motifs is 1. The van der Waals surface area contributed by atoms with Crippen molar-refractivity contribution in [1.82, 2.24) is 10.2 Å². The first kappa shape index (κ1) is 34.8. The standard InChI is InChI=1S/C35H46N4O7/c1-25(10-8-14-31(41)38(20-21-40)24-26-11-4-3-5-12-26)35(45)29-22-28(37-33(43)27-13-9-18-36-23-27)16-17-30(29)39(34(35)44)19-7-6-15-32(42)46-2/h3-5,8,10-12,16-17,22,25,27,36,40,45H,6-7,9,13-15,18-21,23-24H2,1-2H3,(H,37,43)/b10-8+/t25-,27?,35+/m1/s1. The number of nitrogens with one attached hydrogen (secondary N) is 2. The maximum absolute atomic E-state index is 13.9. The SMILES string of the molecule is COC(=O)CCCCN1C(=O)[C@](O)([C@H](C)/C=C/CC(=O)N(CCO)Cc2ccccc2)c2cc(NC(=O)C3CCCNC3)ccc21. The second kappa shape index (κ2) is 16.5. The van der Waals surface area contributed by atoms with Gasteiger partial charge in [0.2, 0.25) is 11.8 Å². The zero-order valence-electron chi connectivity index (χ0n) is 26.7. The van der Waals surface area contributed by atoms with E-state index in [-0.39, 0.29) is 56.2 Å². The van der Waals surface area contributed by atoms with Crippen molar-refractivity contribution in [3.8, 4) is 0 Å². The Morgan fingerprint density at radius 2 is 1.98 bits per heavy atom. The average molecular weight is 635 g/mol. The van der Waals surface area contributed by atoms with Gasteiger partial charge in [-0.1, -0.05) is 49.4 Å². The molecule has 2 aromatic rings. The molecule has 2 aromatic carbocycles. The molecule has 1 unspecified atom stereocenters. The van der Waals surface area contributed by atoms with Gasteiger partial charge in [-0.15, -0.1) is 0 Å². The maximum atomic E-state index is 13.9. The Kier molecular flexibility index (Phi) is 12.5. The lowest BCUT2D eigenvalue weighted by atomic mass is 9.82. The van der Waals surface area contributed by atoms with Gasteiger partial charge in [0.1, 0.15) is 0 Å². The molecular formula is C35H46N4O7. The number of methoxy groups -OCH3 is 1. The number of piperidine rings is 1. The van der Waals surface area contributed by atoms with Crippen molar-refractivity contribution in [3.63, 3.8) is 0 Å². The van der Waals surface area contributed by atoms with E-state index in [1.54, 1.807) is 42.2 Å². The predicted octanol–water partition coefficient (Wildman–Crippen LogP) is 3.11. The van der Waals surface area contributed by atoms with Gasteiger partial charge in [0.15, 0.2) is 5.60 Å². The van der Waals surface area contributed by atoms with Crippen LogP contribution in [-0.2, 0) is 36.1 Å². The first-order valence-electron chi connectivity index (χ1n) is 16.1. The van der Waals surface area contributed by atoms with Gasteiger partial charge < -0.3 is 35.4 Å². The highest BCUT2D eigenvalue weighted by Gasteiger charge is 2.52. The number of nitrogens with zero attached hydrogens (tertiary/aromatic N) is 2. The van der Waals surface area contributed by atoms with E-state index in [0.29, 0.717) is 42.9 Å². The van der Waals surface area contributed by atoms with Crippen LogP contribution in [0, 0.1) is 11.8 Å². The minimum absolute atomic E-state index is 0.0249. The fourth-order valence-electron chi connectivity index (χ4n) is 6.07. The predicted molar refractivity (Wildman–Crippen MR) is 175 cm³/mol. The number of carbonyl (C=O) groups excluding carboxylic acids is 4. The Hall–Kier alpha value is -4.06. The van der Waals surface area contributed by atoms with Gasteiger partial charge in [0.25, 0.3) is 5.91 Å². The highest BCUT2D eigenvalue weighted by atomic mass is 16.5. The van der Waals surface area contributed by atoms with Crippen LogP contribution in [0.15, 0.2) is 60.7 Å². The van der Waals surface area contributed by atoms with Crippen LogP contribution in [0.1, 0.15) is 56.6 Å². The number of aliphatic hydroxyl groups excluding tert-OH is 1. The molecule has 1 saturated heterocycles. The minimum atomic E-state index is -1.95. The Balaban J connectivity index is 1.52. The molecular weight excluding hydrogens is 588 g/mol. The smallest absolute Gasteiger partial charge is 0.305 e. The molecule has 11 nitrogen and oxygen atoms in total. The molecule has 0 saturated carbocycles. The summed E-state index contributed by atoms with van der Waals surface area (Å²) in [5, 5.41) is 27.9. The Morgan fingerprint density at radius 3 is 2.67 bits per heavy atom. The van der Waals surface area contributed by atoms with Gasteiger partial charge in [0.05, 0.1) is 25.3 Å². The third kappa shape index (κ3) is 8.39. The van der Waals surface area contributed by atoms with Crippen molar-refractivity contribution in [3.05, 3.63) is 71.8 Å². The lowest BCUT2D eigenvalue weighted by Crippen LogP contribution is -2.44. The molecule has 11 heteroatoms. The number of carbonyl (C=O) groups is 4. The van der Waals surface area contributed by atoms with Crippen LogP contribution in [0.4, 0.5) is 11.4 Å². The number of hydrogen-bond donors (Lipinski definition) is 4. The van der Waals surface area contributed by atoms with Crippen molar-refractivity contribution in [2.75, 3.05) is 50.1 Å². The van der Waals surface area contributed by atoms with Crippen molar-refractivity contribution < 1.29 is 34.1 Å².